The molecule has 0 unspecified atom stereocenters. The van der Waals surface area contributed by atoms with Gasteiger partial charge in [0.25, 0.3) is 0 Å². The monoisotopic (exact) mass is 496 g/mol. The van der Waals surface area contributed by atoms with Crippen molar-refractivity contribution in [3.05, 3.63) is 91.9 Å². The van der Waals surface area contributed by atoms with Gasteiger partial charge in [-0.15, -0.1) is 0 Å². The van der Waals surface area contributed by atoms with Crippen LogP contribution in [-0.2, 0) is 44.0 Å². The van der Waals surface area contributed by atoms with E-state index in [1.54, 1.807) is 0 Å². The minimum atomic E-state index is -0.0831. The van der Waals surface area contributed by atoms with Crippen molar-refractivity contribution in [3.8, 4) is 11.5 Å². The molecule has 0 aliphatic rings. The van der Waals surface area contributed by atoms with E-state index in [0.717, 1.165) is 28.4 Å². The van der Waals surface area contributed by atoms with Gasteiger partial charge in [-0.25, -0.2) is 0 Å². The Hall–Kier alpha value is -2.17. The van der Waals surface area contributed by atoms with Crippen molar-refractivity contribution in [1.29, 1.82) is 0 Å². The predicted octanol–water partition coefficient (Wildman–Crippen LogP) is 7.55. The first-order chi connectivity index (χ1) is 14.2. The van der Waals surface area contributed by atoms with E-state index in [0.29, 0.717) is 6.54 Å². The van der Waals surface area contributed by atoms with E-state index in [9.17, 15) is 4.79 Å². The van der Waals surface area contributed by atoms with Crippen LogP contribution in [0.3, 0.4) is 0 Å². The molecular formula is C26H35N2O2Y-. The van der Waals surface area contributed by atoms with Gasteiger partial charge in [-0.05, 0) is 35.9 Å². The summed E-state index contributed by atoms with van der Waals surface area (Å²) in [4.78, 5) is 11.3. The van der Waals surface area contributed by atoms with E-state index in [2.05, 4.69) is 10.6 Å². The third kappa shape index (κ3) is 11.1. The number of anilines is 2. The molecule has 165 valence electrons. The van der Waals surface area contributed by atoms with Crippen LogP contribution in [0.15, 0.2) is 78.9 Å². The molecule has 4 nitrogen and oxygen atoms in total. The van der Waals surface area contributed by atoms with E-state index in [-0.39, 0.29) is 46.0 Å². The number of hydrogen-bond acceptors (Lipinski definition) is 3. The standard InChI is InChI=1S/C21H20N2O2.2C2H6.CH3.Y/c1-16(24)23-19-12-6-5-9-17(19)15-22-20-13-7-8-14-21(20)25-18-10-3-2-4-11-18;2*1-2;;/h2-14,22H,15H2,1H3,(H,23,24);2*1-2H3;1H3;/q;;;-1;. The molecular weight excluding hydrogens is 461 g/mol. The Labute approximate surface area is 213 Å². The maximum atomic E-state index is 11.3. The number of ether oxygens (including phenoxy) is 1. The Balaban J connectivity index is 0. The third-order valence-corrected chi connectivity index (χ3v) is 3.66. The minimum Gasteiger partial charge on any atom is -0.455 e. The van der Waals surface area contributed by atoms with Crippen molar-refractivity contribution in [2.75, 3.05) is 10.6 Å². The van der Waals surface area contributed by atoms with Crippen molar-refractivity contribution in [2.24, 2.45) is 0 Å². The Morgan fingerprint density at radius 1 is 0.774 bits per heavy atom. The van der Waals surface area contributed by atoms with Crippen LogP contribution < -0.4 is 15.4 Å². The topological polar surface area (TPSA) is 50.4 Å². The minimum absolute atomic E-state index is 0. The molecule has 0 spiro atoms. The Morgan fingerprint density at radius 2 is 1.29 bits per heavy atom. The molecule has 5 heteroatoms. The normalized spacial score (nSPS) is 8.55. The molecule has 0 aliphatic carbocycles. The van der Waals surface area contributed by atoms with Crippen molar-refractivity contribution >= 4 is 17.3 Å². The molecule has 3 aromatic rings. The second kappa shape index (κ2) is 18.6. The first-order valence-electron chi connectivity index (χ1n) is 10.1. The van der Waals surface area contributed by atoms with Crippen LogP contribution in [0, 0.1) is 7.43 Å². The molecule has 0 bridgehead atoms. The van der Waals surface area contributed by atoms with E-state index in [4.69, 9.17) is 4.74 Å². The Morgan fingerprint density at radius 3 is 1.90 bits per heavy atom. The summed E-state index contributed by atoms with van der Waals surface area (Å²) in [5, 5.41) is 6.24. The van der Waals surface area contributed by atoms with Gasteiger partial charge in [0.05, 0.1) is 5.69 Å². The molecule has 3 rings (SSSR count). The number of rotatable bonds is 6. The van der Waals surface area contributed by atoms with E-state index in [1.165, 1.54) is 6.92 Å². The van der Waals surface area contributed by atoms with Gasteiger partial charge in [-0.2, -0.15) is 0 Å². The van der Waals surface area contributed by atoms with Gasteiger partial charge >= 0.3 is 0 Å². The van der Waals surface area contributed by atoms with Gasteiger partial charge < -0.3 is 22.8 Å². The van der Waals surface area contributed by atoms with Gasteiger partial charge in [0, 0.05) is 51.9 Å². The number of carbonyl (C=O) groups excluding carboxylic acids is 1. The SMILES string of the molecule is CC.CC.CC(=O)Nc1ccccc1CNc1ccccc1Oc1ccccc1.[CH3-].[Y]. The van der Waals surface area contributed by atoms with Gasteiger partial charge in [-0.1, -0.05) is 76.2 Å². The number of para-hydroxylation sites is 4. The number of amides is 1. The van der Waals surface area contributed by atoms with Crippen molar-refractivity contribution in [3.63, 3.8) is 0 Å². The maximum Gasteiger partial charge on any atom is 0.221 e. The number of carbonyl (C=O) groups is 1. The molecule has 0 heterocycles. The largest absolute Gasteiger partial charge is 0.455 e. The first kappa shape index (κ1) is 31.0. The van der Waals surface area contributed by atoms with E-state index >= 15 is 0 Å². The van der Waals surface area contributed by atoms with E-state index < -0.39 is 0 Å². The molecule has 0 saturated carbocycles. The van der Waals surface area contributed by atoms with Crippen LogP contribution in [-0.4, -0.2) is 5.91 Å². The van der Waals surface area contributed by atoms with Gasteiger partial charge in [0.1, 0.15) is 5.75 Å². The van der Waals surface area contributed by atoms with Crippen molar-refractivity contribution in [1.82, 2.24) is 0 Å². The molecule has 31 heavy (non-hydrogen) atoms. The molecule has 0 fully saturated rings. The molecule has 0 aromatic heterocycles. The molecule has 0 aliphatic heterocycles. The molecule has 2 N–H and O–H groups in total. The summed E-state index contributed by atoms with van der Waals surface area (Å²) in [6.45, 7) is 10.1. The van der Waals surface area contributed by atoms with Crippen LogP contribution in [0.1, 0.15) is 40.2 Å². The zero-order chi connectivity index (χ0) is 21.5. The average molecular weight is 496 g/mol. The smallest absolute Gasteiger partial charge is 0.221 e. The third-order valence-electron chi connectivity index (χ3n) is 3.66. The summed E-state index contributed by atoms with van der Waals surface area (Å²) in [6.07, 6.45) is 0. The fourth-order valence-electron chi connectivity index (χ4n) is 2.49. The summed E-state index contributed by atoms with van der Waals surface area (Å²) in [5.74, 6) is 1.46. The summed E-state index contributed by atoms with van der Waals surface area (Å²) >= 11 is 0. The average Bonchev–Trinajstić information content (AvgIpc) is 2.77. The Kier molecular flexibility index (Phi) is 18.6. The molecule has 0 saturated heterocycles. The second-order valence-corrected chi connectivity index (χ2v) is 5.60. The number of benzene rings is 3. The van der Waals surface area contributed by atoms with Crippen LogP contribution in [0.2, 0.25) is 0 Å². The summed E-state index contributed by atoms with van der Waals surface area (Å²) < 4.78 is 5.96. The van der Waals surface area contributed by atoms with Crippen LogP contribution in [0.5, 0.6) is 11.5 Å². The van der Waals surface area contributed by atoms with Crippen LogP contribution >= 0.6 is 0 Å². The first-order valence-corrected chi connectivity index (χ1v) is 10.1. The molecule has 0 atom stereocenters. The zero-order valence-corrected chi connectivity index (χ0v) is 22.4. The van der Waals surface area contributed by atoms with Gasteiger partial charge in [-0.3, -0.25) is 4.79 Å². The molecule has 3 aromatic carbocycles. The number of nitrogens with one attached hydrogen (secondary N) is 2. The summed E-state index contributed by atoms with van der Waals surface area (Å²) in [5.41, 5.74) is 2.71. The number of hydrogen-bond donors (Lipinski definition) is 2. The molecule has 1 radical (unpaired) electrons. The van der Waals surface area contributed by atoms with Crippen molar-refractivity contribution < 1.29 is 42.2 Å². The fraction of sp³-hybridized carbons (Fsp3) is 0.231. The Bertz CT molecular complexity index is 855. The van der Waals surface area contributed by atoms with Gasteiger partial charge in [0.15, 0.2) is 5.75 Å². The second-order valence-electron chi connectivity index (χ2n) is 5.60. The quantitative estimate of drug-likeness (QED) is 0.347. The predicted molar refractivity (Wildman–Crippen MR) is 130 cm³/mol. The fourth-order valence-corrected chi connectivity index (χ4v) is 2.49. The maximum absolute atomic E-state index is 11.3. The summed E-state index contributed by atoms with van der Waals surface area (Å²) in [6, 6.07) is 25.2. The van der Waals surface area contributed by atoms with Crippen molar-refractivity contribution in [2.45, 2.75) is 41.2 Å². The van der Waals surface area contributed by atoms with Crippen LogP contribution in [0.4, 0.5) is 11.4 Å². The summed E-state index contributed by atoms with van der Waals surface area (Å²) in [7, 11) is 0. The van der Waals surface area contributed by atoms with Crippen LogP contribution in [0.25, 0.3) is 0 Å². The van der Waals surface area contributed by atoms with Gasteiger partial charge in [0.2, 0.25) is 5.91 Å². The zero-order valence-electron chi connectivity index (χ0n) is 19.6. The molecule has 1 amide bonds. The van der Waals surface area contributed by atoms with E-state index in [1.807, 2.05) is 107 Å².